The molecular weight excluding hydrogens is 412 g/mol. The molecule has 26 heavy (non-hydrogen) atoms. The molecule has 2 aliphatic heterocycles. The van der Waals surface area contributed by atoms with Crippen molar-refractivity contribution >= 4 is 33.2 Å². The van der Waals surface area contributed by atoms with E-state index in [0.29, 0.717) is 0 Å². The Morgan fingerprint density at radius 2 is 2.15 bits per heavy atom. The fourth-order valence-corrected chi connectivity index (χ4v) is 4.82. The number of guanidine groups is 1. The monoisotopic (exact) mass is 440 g/mol. The van der Waals surface area contributed by atoms with Crippen molar-refractivity contribution in [3.63, 3.8) is 0 Å². The fourth-order valence-electron chi connectivity index (χ4n) is 3.30. The largest absolute Gasteiger partial charge is 0.377 e. The van der Waals surface area contributed by atoms with Crippen LogP contribution in [0.3, 0.4) is 0 Å². The number of nitrogens with one attached hydrogen (secondary N) is 1. The van der Waals surface area contributed by atoms with E-state index in [4.69, 9.17) is 9.73 Å². The molecule has 3 heterocycles. The van der Waals surface area contributed by atoms with Crippen molar-refractivity contribution in [2.45, 2.75) is 26.3 Å². The van der Waals surface area contributed by atoms with Crippen LogP contribution in [-0.2, 0) is 11.3 Å². The highest BCUT2D eigenvalue weighted by Crippen LogP contribution is 2.23. The molecule has 0 atom stereocenters. The molecule has 1 N–H and O–H groups in total. The number of piperazine rings is 1. The zero-order chi connectivity index (χ0) is 18.2. The highest BCUT2D eigenvalue weighted by Gasteiger charge is 2.20. The van der Waals surface area contributed by atoms with Crippen molar-refractivity contribution in [1.82, 2.24) is 15.1 Å². The standard InChI is InChI=1S/C19H29BrN4OS/c1-2-21-19(22-8-5-16-6-13-25-14-7-16)24-11-9-23(10-12-24)15-17-3-4-18(20)26-17/h3-4,6H,2,5,7-15H2,1H3,(H,21,22). The quantitative estimate of drug-likeness (QED) is 0.418. The Morgan fingerprint density at radius 1 is 1.31 bits per heavy atom. The minimum Gasteiger partial charge on any atom is -0.377 e. The molecule has 2 aliphatic rings. The zero-order valence-corrected chi connectivity index (χ0v) is 17.9. The topological polar surface area (TPSA) is 40.1 Å². The summed E-state index contributed by atoms with van der Waals surface area (Å²) in [5.41, 5.74) is 1.49. The first kappa shape index (κ1) is 19.9. The van der Waals surface area contributed by atoms with Crippen LogP contribution in [0.5, 0.6) is 0 Å². The summed E-state index contributed by atoms with van der Waals surface area (Å²) in [6, 6.07) is 4.36. The molecule has 0 unspecified atom stereocenters. The van der Waals surface area contributed by atoms with E-state index in [2.05, 4.69) is 56.2 Å². The third-order valence-corrected chi connectivity index (χ3v) is 6.38. The molecule has 0 aromatic carbocycles. The summed E-state index contributed by atoms with van der Waals surface area (Å²) in [4.78, 5) is 11.2. The van der Waals surface area contributed by atoms with Gasteiger partial charge in [-0.1, -0.05) is 11.6 Å². The summed E-state index contributed by atoms with van der Waals surface area (Å²) in [7, 11) is 0. The van der Waals surface area contributed by atoms with E-state index in [1.807, 2.05) is 11.3 Å². The lowest BCUT2D eigenvalue weighted by Gasteiger charge is -2.36. The maximum absolute atomic E-state index is 5.38. The molecular formula is C19H29BrN4OS. The molecule has 1 aromatic rings. The Labute approximate surface area is 169 Å². The number of rotatable bonds is 6. The first-order chi connectivity index (χ1) is 12.7. The zero-order valence-electron chi connectivity index (χ0n) is 15.5. The van der Waals surface area contributed by atoms with Gasteiger partial charge in [-0.3, -0.25) is 9.89 Å². The lowest BCUT2D eigenvalue weighted by atomic mass is 10.1. The highest BCUT2D eigenvalue weighted by molar-refractivity contribution is 9.11. The van der Waals surface area contributed by atoms with Crippen LogP contribution in [0.2, 0.25) is 0 Å². The van der Waals surface area contributed by atoms with E-state index in [1.54, 1.807) is 0 Å². The first-order valence-electron chi connectivity index (χ1n) is 9.50. The van der Waals surface area contributed by atoms with Crippen LogP contribution in [0.1, 0.15) is 24.6 Å². The van der Waals surface area contributed by atoms with Crippen LogP contribution in [-0.4, -0.2) is 68.2 Å². The average molecular weight is 441 g/mol. The van der Waals surface area contributed by atoms with Crippen molar-refractivity contribution in [3.05, 3.63) is 32.4 Å². The molecule has 1 fully saturated rings. The second kappa shape index (κ2) is 10.4. The summed E-state index contributed by atoms with van der Waals surface area (Å²) in [6.45, 7) is 10.8. The predicted molar refractivity (Wildman–Crippen MR) is 113 cm³/mol. The molecule has 144 valence electrons. The van der Waals surface area contributed by atoms with Gasteiger partial charge in [0.2, 0.25) is 0 Å². The van der Waals surface area contributed by atoms with Gasteiger partial charge in [0.15, 0.2) is 5.96 Å². The van der Waals surface area contributed by atoms with E-state index in [9.17, 15) is 0 Å². The third-order valence-electron chi connectivity index (χ3n) is 4.77. The lowest BCUT2D eigenvalue weighted by molar-refractivity contribution is 0.153. The predicted octanol–water partition coefficient (Wildman–Crippen LogP) is 3.33. The van der Waals surface area contributed by atoms with E-state index in [-0.39, 0.29) is 0 Å². The van der Waals surface area contributed by atoms with Crippen molar-refractivity contribution in [2.24, 2.45) is 4.99 Å². The molecule has 0 radical (unpaired) electrons. The van der Waals surface area contributed by atoms with E-state index >= 15 is 0 Å². The number of thiophene rings is 1. The Kier molecular flexibility index (Phi) is 7.98. The second-order valence-corrected chi connectivity index (χ2v) is 9.19. The number of hydrogen-bond donors (Lipinski definition) is 1. The van der Waals surface area contributed by atoms with Gasteiger partial charge < -0.3 is 15.0 Å². The van der Waals surface area contributed by atoms with Gasteiger partial charge in [-0.15, -0.1) is 11.3 Å². The van der Waals surface area contributed by atoms with E-state index in [1.165, 1.54) is 14.2 Å². The van der Waals surface area contributed by atoms with Crippen molar-refractivity contribution in [3.8, 4) is 0 Å². The second-order valence-electron chi connectivity index (χ2n) is 6.64. The van der Waals surface area contributed by atoms with Crippen molar-refractivity contribution in [2.75, 3.05) is 52.5 Å². The molecule has 0 bridgehead atoms. The van der Waals surface area contributed by atoms with Crippen molar-refractivity contribution in [1.29, 1.82) is 0 Å². The van der Waals surface area contributed by atoms with Gasteiger partial charge in [0.1, 0.15) is 0 Å². The van der Waals surface area contributed by atoms with Gasteiger partial charge in [-0.2, -0.15) is 0 Å². The highest BCUT2D eigenvalue weighted by atomic mass is 79.9. The minimum atomic E-state index is 0.766. The summed E-state index contributed by atoms with van der Waals surface area (Å²) < 4.78 is 6.59. The number of hydrogen-bond acceptors (Lipinski definition) is 4. The fraction of sp³-hybridized carbons (Fsp3) is 0.632. The Morgan fingerprint density at radius 3 is 2.81 bits per heavy atom. The molecule has 0 amide bonds. The molecule has 0 aliphatic carbocycles. The molecule has 1 aromatic heterocycles. The number of nitrogens with zero attached hydrogens (tertiary/aromatic N) is 3. The molecule has 3 rings (SSSR count). The summed E-state index contributed by atoms with van der Waals surface area (Å²) in [6.07, 6.45) is 4.32. The third kappa shape index (κ3) is 6.08. The molecule has 0 spiro atoms. The lowest BCUT2D eigenvalue weighted by Crippen LogP contribution is -2.52. The minimum absolute atomic E-state index is 0.766. The summed E-state index contributed by atoms with van der Waals surface area (Å²) >= 11 is 5.38. The Balaban J connectivity index is 1.47. The summed E-state index contributed by atoms with van der Waals surface area (Å²) in [5.74, 6) is 1.07. The van der Waals surface area contributed by atoms with Crippen LogP contribution in [0, 0.1) is 0 Å². The van der Waals surface area contributed by atoms with Crippen LogP contribution in [0.4, 0.5) is 0 Å². The van der Waals surface area contributed by atoms with Gasteiger partial charge in [-0.25, -0.2) is 0 Å². The van der Waals surface area contributed by atoms with Gasteiger partial charge in [-0.05, 0) is 47.8 Å². The number of ether oxygens (including phenoxy) is 1. The SMILES string of the molecule is CCNC(=NCCC1=CCOCC1)N1CCN(Cc2ccc(Br)s2)CC1. The molecule has 0 saturated carbocycles. The average Bonchev–Trinajstić information content (AvgIpc) is 3.07. The van der Waals surface area contributed by atoms with Crippen LogP contribution in [0.15, 0.2) is 32.6 Å². The molecule has 1 saturated heterocycles. The van der Waals surface area contributed by atoms with Crippen molar-refractivity contribution < 1.29 is 4.74 Å². The van der Waals surface area contributed by atoms with Crippen LogP contribution in [0.25, 0.3) is 0 Å². The van der Waals surface area contributed by atoms with Gasteiger partial charge in [0.25, 0.3) is 0 Å². The molecule has 5 nitrogen and oxygen atoms in total. The smallest absolute Gasteiger partial charge is 0.194 e. The number of aliphatic imine (C=N–C) groups is 1. The van der Waals surface area contributed by atoms with Crippen LogP contribution >= 0.6 is 27.3 Å². The first-order valence-corrected chi connectivity index (χ1v) is 11.1. The Hall–Kier alpha value is -0.890. The number of halogens is 1. The normalized spacial score (nSPS) is 19.5. The maximum Gasteiger partial charge on any atom is 0.194 e. The van der Waals surface area contributed by atoms with Gasteiger partial charge in [0.05, 0.1) is 17.0 Å². The van der Waals surface area contributed by atoms with Gasteiger partial charge >= 0.3 is 0 Å². The van der Waals surface area contributed by atoms with Gasteiger partial charge in [0, 0.05) is 50.7 Å². The molecule has 7 heteroatoms. The van der Waals surface area contributed by atoms with Crippen LogP contribution < -0.4 is 5.32 Å². The maximum atomic E-state index is 5.38. The summed E-state index contributed by atoms with van der Waals surface area (Å²) in [5, 5.41) is 3.47. The van der Waals surface area contributed by atoms with E-state index < -0.39 is 0 Å². The van der Waals surface area contributed by atoms with E-state index in [0.717, 1.165) is 77.8 Å². The Bertz CT molecular complexity index is 623.